The molecular formula is C18H27N5O. The fraction of sp³-hybridized carbons (Fsp3) is 0.611. The molecule has 24 heavy (non-hydrogen) atoms. The topological polar surface area (TPSA) is 56.1 Å². The highest BCUT2D eigenvalue weighted by molar-refractivity contribution is 5.43. The average Bonchev–Trinajstić information content (AvgIpc) is 3.15. The van der Waals surface area contributed by atoms with Crippen LogP contribution in [0.1, 0.15) is 50.2 Å². The van der Waals surface area contributed by atoms with E-state index in [1.807, 2.05) is 17.9 Å². The SMILES string of the molecule is COCc1cc(N2CCC(c3cnn(C)c3)C2)nc(C(C)(C)C)n1. The average molecular weight is 329 g/mol. The van der Waals surface area contributed by atoms with Crippen molar-refractivity contribution in [2.75, 3.05) is 25.1 Å². The van der Waals surface area contributed by atoms with E-state index in [1.54, 1.807) is 7.11 Å². The second-order valence-corrected chi connectivity index (χ2v) is 7.60. The van der Waals surface area contributed by atoms with Crippen molar-refractivity contribution in [1.82, 2.24) is 19.7 Å². The van der Waals surface area contributed by atoms with Crippen LogP contribution >= 0.6 is 0 Å². The zero-order valence-corrected chi connectivity index (χ0v) is 15.3. The minimum absolute atomic E-state index is 0.0824. The Morgan fingerprint density at radius 3 is 2.71 bits per heavy atom. The maximum atomic E-state index is 5.29. The predicted molar refractivity (Wildman–Crippen MR) is 94.2 cm³/mol. The fourth-order valence-electron chi connectivity index (χ4n) is 3.09. The highest BCUT2D eigenvalue weighted by Crippen LogP contribution is 2.31. The summed E-state index contributed by atoms with van der Waals surface area (Å²) in [7, 11) is 3.67. The molecular weight excluding hydrogens is 302 g/mol. The molecule has 6 nitrogen and oxygen atoms in total. The molecule has 0 radical (unpaired) electrons. The first-order valence-corrected chi connectivity index (χ1v) is 8.47. The number of nitrogens with zero attached hydrogens (tertiary/aromatic N) is 5. The minimum Gasteiger partial charge on any atom is -0.378 e. The lowest BCUT2D eigenvalue weighted by atomic mass is 9.95. The first kappa shape index (κ1) is 16.9. The maximum absolute atomic E-state index is 5.29. The number of rotatable bonds is 4. The minimum atomic E-state index is -0.0824. The predicted octanol–water partition coefficient (Wildman–Crippen LogP) is 2.65. The molecule has 1 atom stereocenters. The Morgan fingerprint density at radius 1 is 1.29 bits per heavy atom. The molecule has 1 saturated heterocycles. The lowest BCUT2D eigenvalue weighted by Gasteiger charge is -2.23. The van der Waals surface area contributed by atoms with Crippen LogP contribution in [0.5, 0.6) is 0 Å². The molecule has 1 aliphatic rings. The Kier molecular flexibility index (Phi) is 4.58. The Hall–Kier alpha value is -1.95. The Labute approximate surface area is 143 Å². The molecule has 3 rings (SSSR count). The second kappa shape index (κ2) is 6.51. The molecule has 0 aliphatic carbocycles. The van der Waals surface area contributed by atoms with Crippen molar-refractivity contribution >= 4 is 5.82 Å². The van der Waals surface area contributed by atoms with E-state index < -0.39 is 0 Å². The molecule has 130 valence electrons. The summed E-state index contributed by atoms with van der Waals surface area (Å²) in [5, 5.41) is 4.30. The third kappa shape index (κ3) is 3.59. The van der Waals surface area contributed by atoms with Crippen molar-refractivity contribution in [2.24, 2.45) is 7.05 Å². The van der Waals surface area contributed by atoms with Gasteiger partial charge in [-0.3, -0.25) is 4.68 Å². The van der Waals surface area contributed by atoms with Gasteiger partial charge in [0, 0.05) is 50.8 Å². The number of anilines is 1. The maximum Gasteiger partial charge on any atom is 0.136 e. The van der Waals surface area contributed by atoms with Crippen LogP contribution in [0.25, 0.3) is 0 Å². The van der Waals surface area contributed by atoms with Gasteiger partial charge in [-0.15, -0.1) is 0 Å². The van der Waals surface area contributed by atoms with Crippen molar-refractivity contribution < 1.29 is 4.74 Å². The van der Waals surface area contributed by atoms with Gasteiger partial charge in [0.05, 0.1) is 18.5 Å². The van der Waals surface area contributed by atoms with Crippen molar-refractivity contribution in [3.05, 3.63) is 35.5 Å². The normalized spacial score (nSPS) is 18.4. The van der Waals surface area contributed by atoms with Crippen LogP contribution in [0.15, 0.2) is 18.5 Å². The summed E-state index contributed by atoms with van der Waals surface area (Å²) < 4.78 is 7.16. The van der Waals surface area contributed by atoms with Gasteiger partial charge in [0.2, 0.25) is 0 Å². The standard InChI is InChI=1S/C18H27N5O/c1-18(2,3)17-20-15(12-24-5)8-16(21-17)23-7-6-13(11-23)14-9-19-22(4)10-14/h8-10,13H,6-7,11-12H2,1-5H3. The van der Waals surface area contributed by atoms with Crippen LogP contribution in [-0.2, 0) is 23.8 Å². The molecule has 1 unspecified atom stereocenters. The van der Waals surface area contributed by atoms with Gasteiger partial charge in [0.15, 0.2) is 0 Å². The van der Waals surface area contributed by atoms with E-state index in [0.717, 1.165) is 36.8 Å². The van der Waals surface area contributed by atoms with E-state index >= 15 is 0 Å². The van der Waals surface area contributed by atoms with Gasteiger partial charge < -0.3 is 9.64 Å². The van der Waals surface area contributed by atoms with Crippen LogP contribution in [0.3, 0.4) is 0 Å². The number of hydrogen-bond donors (Lipinski definition) is 0. The van der Waals surface area contributed by atoms with E-state index in [-0.39, 0.29) is 5.41 Å². The first-order valence-electron chi connectivity index (χ1n) is 8.47. The smallest absolute Gasteiger partial charge is 0.136 e. The van der Waals surface area contributed by atoms with E-state index in [4.69, 9.17) is 9.72 Å². The van der Waals surface area contributed by atoms with E-state index in [1.165, 1.54) is 5.56 Å². The van der Waals surface area contributed by atoms with Crippen LogP contribution in [-0.4, -0.2) is 39.9 Å². The summed E-state index contributed by atoms with van der Waals surface area (Å²) in [5.41, 5.74) is 2.17. The number of hydrogen-bond acceptors (Lipinski definition) is 5. The van der Waals surface area contributed by atoms with Gasteiger partial charge in [0.25, 0.3) is 0 Å². The number of aromatic nitrogens is 4. The molecule has 2 aromatic heterocycles. The van der Waals surface area contributed by atoms with E-state index in [2.05, 4.69) is 48.0 Å². The summed E-state index contributed by atoms with van der Waals surface area (Å²) in [4.78, 5) is 11.9. The monoisotopic (exact) mass is 329 g/mol. The van der Waals surface area contributed by atoms with Gasteiger partial charge in [-0.25, -0.2) is 9.97 Å². The molecule has 3 heterocycles. The van der Waals surface area contributed by atoms with Gasteiger partial charge in [0.1, 0.15) is 11.6 Å². The largest absolute Gasteiger partial charge is 0.378 e. The zero-order chi connectivity index (χ0) is 17.3. The molecule has 0 N–H and O–H groups in total. The quantitative estimate of drug-likeness (QED) is 0.863. The molecule has 0 amide bonds. The van der Waals surface area contributed by atoms with Crippen LogP contribution in [0.4, 0.5) is 5.82 Å². The molecule has 1 fully saturated rings. The lowest BCUT2D eigenvalue weighted by molar-refractivity contribution is 0.181. The van der Waals surface area contributed by atoms with Gasteiger partial charge in [-0.2, -0.15) is 5.10 Å². The number of aryl methyl sites for hydroxylation is 1. The van der Waals surface area contributed by atoms with Crippen LogP contribution < -0.4 is 4.90 Å². The first-order chi connectivity index (χ1) is 11.4. The van der Waals surface area contributed by atoms with Crippen molar-refractivity contribution in [3.63, 3.8) is 0 Å². The summed E-state index contributed by atoms with van der Waals surface area (Å²) in [6.07, 6.45) is 5.22. The van der Waals surface area contributed by atoms with Gasteiger partial charge >= 0.3 is 0 Å². The number of ether oxygens (including phenoxy) is 1. The highest BCUT2D eigenvalue weighted by Gasteiger charge is 2.27. The fourth-order valence-corrected chi connectivity index (χ4v) is 3.09. The molecule has 0 saturated carbocycles. The van der Waals surface area contributed by atoms with Crippen molar-refractivity contribution in [2.45, 2.75) is 45.1 Å². The van der Waals surface area contributed by atoms with Gasteiger partial charge in [-0.05, 0) is 12.0 Å². The van der Waals surface area contributed by atoms with Crippen LogP contribution in [0, 0.1) is 0 Å². The Bertz CT molecular complexity index is 704. The zero-order valence-electron chi connectivity index (χ0n) is 15.3. The summed E-state index contributed by atoms with van der Waals surface area (Å²) in [6.45, 7) is 8.92. The summed E-state index contributed by atoms with van der Waals surface area (Å²) in [5.74, 6) is 2.39. The molecule has 0 bridgehead atoms. The molecule has 0 aromatic carbocycles. The summed E-state index contributed by atoms with van der Waals surface area (Å²) in [6, 6.07) is 2.06. The van der Waals surface area contributed by atoms with Gasteiger partial charge in [-0.1, -0.05) is 20.8 Å². The number of methoxy groups -OCH3 is 1. The van der Waals surface area contributed by atoms with Crippen molar-refractivity contribution in [3.8, 4) is 0 Å². The third-order valence-corrected chi connectivity index (χ3v) is 4.44. The van der Waals surface area contributed by atoms with Crippen molar-refractivity contribution in [1.29, 1.82) is 0 Å². The summed E-state index contributed by atoms with van der Waals surface area (Å²) >= 11 is 0. The lowest BCUT2D eigenvalue weighted by Crippen LogP contribution is -2.24. The Balaban J connectivity index is 1.85. The molecule has 1 aliphatic heterocycles. The van der Waals surface area contributed by atoms with E-state index in [0.29, 0.717) is 12.5 Å². The van der Waals surface area contributed by atoms with E-state index in [9.17, 15) is 0 Å². The van der Waals surface area contributed by atoms with Crippen LogP contribution in [0.2, 0.25) is 0 Å². The second-order valence-electron chi connectivity index (χ2n) is 7.60. The Morgan fingerprint density at radius 2 is 2.08 bits per heavy atom. The molecule has 0 spiro atoms. The molecule has 6 heteroatoms. The highest BCUT2D eigenvalue weighted by atomic mass is 16.5. The molecule has 2 aromatic rings. The third-order valence-electron chi connectivity index (χ3n) is 4.44.